The van der Waals surface area contributed by atoms with E-state index in [4.69, 9.17) is 6.42 Å². The van der Waals surface area contributed by atoms with Gasteiger partial charge in [0.1, 0.15) is 5.82 Å². The van der Waals surface area contributed by atoms with Crippen LogP contribution in [0.4, 0.5) is 11.5 Å². The Morgan fingerprint density at radius 3 is 2.48 bits per heavy atom. The van der Waals surface area contributed by atoms with Crippen molar-refractivity contribution in [2.75, 3.05) is 11.6 Å². The number of rotatable bonds is 6. The summed E-state index contributed by atoms with van der Waals surface area (Å²) in [6.45, 7) is 1.60. The van der Waals surface area contributed by atoms with E-state index in [-0.39, 0.29) is 12.0 Å². The Kier molecular flexibility index (Phi) is 5.45. The highest BCUT2D eigenvalue weighted by Crippen LogP contribution is 2.21. The van der Waals surface area contributed by atoms with Crippen LogP contribution in [-0.2, 0) is 9.84 Å². The van der Waals surface area contributed by atoms with Gasteiger partial charge < -0.3 is 10.6 Å². The lowest BCUT2D eigenvalue weighted by Crippen LogP contribution is -2.52. The van der Waals surface area contributed by atoms with Gasteiger partial charge in [0.15, 0.2) is 9.84 Å². The number of carbonyl (C=O) groups is 1. The van der Waals surface area contributed by atoms with E-state index in [1.807, 2.05) is 30.3 Å². The summed E-state index contributed by atoms with van der Waals surface area (Å²) in [4.78, 5) is 15.1. The lowest BCUT2D eigenvalue weighted by atomic mass is 10.1. The lowest BCUT2D eigenvalue weighted by Gasteiger charge is -2.26. The fraction of sp³-hybridized carbons (Fsp3) is 0.222. The van der Waals surface area contributed by atoms with Gasteiger partial charge in [0.2, 0.25) is 4.87 Å². The van der Waals surface area contributed by atoms with Crippen molar-refractivity contribution in [3.05, 3.63) is 54.2 Å². The predicted molar refractivity (Wildman–Crippen MR) is 98.1 cm³/mol. The molecule has 0 bridgehead atoms. The molecule has 1 aromatic heterocycles. The van der Waals surface area contributed by atoms with Gasteiger partial charge in [-0.15, -0.1) is 6.42 Å². The van der Waals surface area contributed by atoms with E-state index >= 15 is 0 Å². The summed E-state index contributed by atoms with van der Waals surface area (Å²) in [6.07, 6.45) is 8.01. The van der Waals surface area contributed by atoms with E-state index < -0.39 is 20.6 Å². The first-order chi connectivity index (χ1) is 11.8. The quantitative estimate of drug-likeness (QED) is 0.775. The minimum atomic E-state index is -3.71. The van der Waals surface area contributed by atoms with Crippen molar-refractivity contribution >= 4 is 27.2 Å². The first kappa shape index (κ1) is 18.5. The van der Waals surface area contributed by atoms with Crippen LogP contribution < -0.4 is 10.6 Å². The van der Waals surface area contributed by atoms with Gasteiger partial charge in [-0.2, -0.15) is 0 Å². The summed E-state index contributed by atoms with van der Waals surface area (Å²) >= 11 is 0. The number of carbonyl (C=O) groups excluding carboxylic acids is 1. The smallest absolute Gasteiger partial charge is 0.256 e. The molecule has 7 heteroatoms. The fourth-order valence-electron chi connectivity index (χ4n) is 2.29. The van der Waals surface area contributed by atoms with Crippen molar-refractivity contribution in [1.82, 2.24) is 10.3 Å². The monoisotopic (exact) mass is 357 g/mol. The molecule has 2 aromatic rings. The first-order valence-corrected chi connectivity index (χ1v) is 9.49. The molecule has 0 radical (unpaired) electrons. The second-order valence-corrected chi connectivity index (χ2v) is 7.68. The van der Waals surface area contributed by atoms with Gasteiger partial charge in [0.25, 0.3) is 5.91 Å². The standard InChI is InChI=1S/C18H19N3O3S/c1-4-18(5-2,25(3,23)24)21-17(22)15-12-9-13-19-16(15)20-14-10-7-6-8-11-14/h1,6-13H,5H2,2-3H3,(H,19,20)(H,21,22)/t18-/m1/s1. The van der Waals surface area contributed by atoms with Crippen LogP contribution >= 0.6 is 0 Å². The third kappa shape index (κ3) is 3.98. The van der Waals surface area contributed by atoms with Crippen molar-refractivity contribution in [3.8, 4) is 12.3 Å². The number of hydrogen-bond acceptors (Lipinski definition) is 5. The molecule has 1 amide bonds. The van der Waals surface area contributed by atoms with Crippen LogP contribution in [0.2, 0.25) is 0 Å². The Bertz CT molecular complexity index is 905. The molecule has 1 heterocycles. The second-order valence-electron chi connectivity index (χ2n) is 5.44. The molecule has 2 rings (SSSR count). The van der Waals surface area contributed by atoms with Crippen LogP contribution in [0.25, 0.3) is 0 Å². The van der Waals surface area contributed by atoms with Crippen LogP contribution in [0.1, 0.15) is 23.7 Å². The van der Waals surface area contributed by atoms with E-state index in [1.54, 1.807) is 19.1 Å². The predicted octanol–water partition coefficient (Wildman–Crippen LogP) is 2.34. The van der Waals surface area contributed by atoms with Crippen LogP contribution in [0.5, 0.6) is 0 Å². The van der Waals surface area contributed by atoms with Gasteiger partial charge in [0.05, 0.1) is 5.56 Å². The summed E-state index contributed by atoms with van der Waals surface area (Å²) < 4.78 is 24.1. The first-order valence-electron chi connectivity index (χ1n) is 7.60. The Morgan fingerprint density at radius 1 is 1.24 bits per heavy atom. The Morgan fingerprint density at radius 2 is 1.92 bits per heavy atom. The maximum atomic E-state index is 12.7. The maximum Gasteiger partial charge on any atom is 0.256 e. The molecule has 130 valence electrons. The van der Waals surface area contributed by atoms with Crippen LogP contribution in [0, 0.1) is 12.3 Å². The molecule has 2 N–H and O–H groups in total. The van der Waals surface area contributed by atoms with Gasteiger partial charge in [0, 0.05) is 18.1 Å². The van der Waals surface area contributed by atoms with Gasteiger partial charge in [-0.05, 0) is 30.7 Å². The summed E-state index contributed by atoms with van der Waals surface area (Å²) in [6, 6.07) is 12.3. The number of pyridine rings is 1. The molecule has 0 saturated carbocycles. The molecule has 1 aromatic carbocycles. The summed E-state index contributed by atoms with van der Waals surface area (Å²) in [5, 5.41) is 5.51. The Labute approximate surface area is 147 Å². The molecular weight excluding hydrogens is 338 g/mol. The topological polar surface area (TPSA) is 88.2 Å². The van der Waals surface area contributed by atoms with Gasteiger partial charge in [-0.3, -0.25) is 4.79 Å². The van der Waals surface area contributed by atoms with Crippen LogP contribution in [0.15, 0.2) is 48.7 Å². The maximum absolute atomic E-state index is 12.7. The van der Waals surface area contributed by atoms with E-state index in [1.165, 1.54) is 6.20 Å². The molecular formula is C18H19N3O3S. The third-order valence-corrected chi connectivity index (χ3v) is 5.54. The highest BCUT2D eigenvalue weighted by molar-refractivity contribution is 7.92. The zero-order valence-electron chi connectivity index (χ0n) is 14.0. The Hall–Kier alpha value is -2.85. The highest BCUT2D eigenvalue weighted by Gasteiger charge is 2.39. The molecule has 0 fully saturated rings. The average Bonchev–Trinajstić information content (AvgIpc) is 2.60. The lowest BCUT2D eigenvalue weighted by molar-refractivity contribution is 0.0937. The fourth-order valence-corrected chi connectivity index (χ4v) is 3.30. The van der Waals surface area contributed by atoms with E-state index in [0.29, 0.717) is 5.82 Å². The van der Waals surface area contributed by atoms with Crippen molar-refractivity contribution in [1.29, 1.82) is 0 Å². The zero-order chi connectivity index (χ0) is 18.5. The number of amides is 1. The normalized spacial score (nSPS) is 13.3. The van der Waals surface area contributed by atoms with Crippen LogP contribution in [0.3, 0.4) is 0 Å². The number of nitrogens with one attached hydrogen (secondary N) is 2. The van der Waals surface area contributed by atoms with E-state index in [0.717, 1.165) is 11.9 Å². The summed E-state index contributed by atoms with van der Waals surface area (Å²) in [5.41, 5.74) is 0.945. The number of sulfone groups is 1. The summed E-state index contributed by atoms with van der Waals surface area (Å²) in [7, 11) is -3.71. The van der Waals surface area contributed by atoms with Gasteiger partial charge in [-0.25, -0.2) is 13.4 Å². The van der Waals surface area contributed by atoms with E-state index in [9.17, 15) is 13.2 Å². The summed E-state index contributed by atoms with van der Waals surface area (Å²) in [5.74, 6) is 1.91. The van der Waals surface area contributed by atoms with Crippen molar-refractivity contribution in [2.45, 2.75) is 18.2 Å². The number of benzene rings is 1. The molecule has 6 nitrogen and oxygen atoms in total. The molecule has 0 unspecified atom stereocenters. The van der Waals surface area contributed by atoms with Crippen molar-refractivity contribution < 1.29 is 13.2 Å². The molecule has 0 saturated heterocycles. The number of anilines is 2. The van der Waals surface area contributed by atoms with E-state index in [2.05, 4.69) is 21.5 Å². The minimum absolute atomic E-state index is 0.0514. The number of hydrogen-bond donors (Lipinski definition) is 2. The largest absolute Gasteiger partial charge is 0.340 e. The van der Waals surface area contributed by atoms with Gasteiger partial charge in [-0.1, -0.05) is 31.0 Å². The highest BCUT2D eigenvalue weighted by atomic mass is 32.2. The van der Waals surface area contributed by atoms with Crippen molar-refractivity contribution in [2.24, 2.45) is 0 Å². The minimum Gasteiger partial charge on any atom is -0.340 e. The third-order valence-electron chi connectivity index (χ3n) is 3.77. The molecule has 0 aliphatic heterocycles. The van der Waals surface area contributed by atoms with Gasteiger partial charge >= 0.3 is 0 Å². The molecule has 0 aliphatic carbocycles. The number of nitrogens with zero attached hydrogens (tertiary/aromatic N) is 1. The molecule has 1 atom stereocenters. The molecule has 0 aliphatic rings. The zero-order valence-corrected chi connectivity index (χ0v) is 14.8. The average molecular weight is 357 g/mol. The molecule has 25 heavy (non-hydrogen) atoms. The van der Waals surface area contributed by atoms with Crippen molar-refractivity contribution in [3.63, 3.8) is 0 Å². The SMILES string of the molecule is C#C[C@@](CC)(NC(=O)c1cccnc1Nc1ccccc1)S(C)(=O)=O. The molecule has 0 spiro atoms. The number of terminal acetylenes is 1. The number of aromatic nitrogens is 1. The second kappa shape index (κ2) is 7.36. The number of para-hydroxylation sites is 1. The Balaban J connectivity index is 2.36. The van der Waals surface area contributed by atoms with Crippen LogP contribution in [-0.4, -0.2) is 30.4 Å².